The van der Waals surface area contributed by atoms with Crippen molar-refractivity contribution in [1.29, 1.82) is 0 Å². The maximum absolute atomic E-state index is 13.6. The number of fused-ring (bicyclic) bond motifs is 1. The molecule has 3 amide bonds. The van der Waals surface area contributed by atoms with E-state index in [4.69, 9.17) is 9.72 Å². The Morgan fingerprint density at radius 1 is 1.00 bits per heavy atom. The van der Waals surface area contributed by atoms with Crippen molar-refractivity contribution in [2.45, 2.75) is 33.6 Å². The molecule has 192 valence electrons. The van der Waals surface area contributed by atoms with Crippen LogP contribution in [0.1, 0.15) is 44.0 Å². The van der Waals surface area contributed by atoms with Crippen molar-refractivity contribution in [3.05, 3.63) is 48.0 Å². The second kappa shape index (κ2) is 12.3. The third-order valence-electron chi connectivity index (χ3n) is 6.09. The van der Waals surface area contributed by atoms with Gasteiger partial charge in [0.25, 0.3) is 5.91 Å². The molecule has 10 heteroatoms. The lowest BCUT2D eigenvalue weighted by Crippen LogP contribution is -2.39. The standard InChI is InChI=1S/C26H30N4O4S.ClH/c1-4-28(5-2)15-16-29(26-27-21-12-11-20(34-6-3)17-22(21)35-26)25(33)18-7-9-19(10-8-18)30-23(31)13-14-24(30)32;/h7-12,17H,4-6,13-16H2,1-3H3;1H. The minimum Gasteiger partial charge on any atom is -0.494 e. The predicted octanol–water partition coefficient (Wildman–Crippen LogP) is 4.76. The second-order valence-electron chi connectivity index (χ2n) is 8.21. The average molecular weight is 531 g/mol. The summed E-state index contributed by atoms with van der Waals surface area (Å²) in [4.78, 5) is 47.7. The first-order chi connectivity index (χ1) is 16.9. The molecule has 4 rings (SSSR count). The van der Waals surface area contributed by atoms with Gasteiger partial charge in [-0.2, -0.15) is 0 Å². The molecule has 0 bridgehead atoms. The van der Waals surface area contributed by atoms with Gasteiger partial charge in [-0.05, 0) is 62.5 Å². The van der Waals surface area contributed by atoms with Crippen LogP contribution < -0.4 is 14.5 Å². The molecule has 1 saturated heterocycles. The number of nitrogens with zero attached hydrogens (tertiary/aromatic N) is 4. The first-order valence-corrected chi connectivity index (χ1v) is 12.8. The van der Waals surface area contributed by atoms with Crippen LogP contribution in [0.3, 0.4) is 0 Å². The Balaban J connectivity index is 0.00000361. The average Bonchev–Trinajstić information content (AvgIpc) is 3.44. The van der Waals surface area contributed by atoms with Gasteiger partial charge in [-0.1, -0.05) is 25.2 Å². The zero-order valence-corrected chi connectivity index (χ0v) is 22.4. The van der Waals surface area contributed by atoms with Crippen LogP contribution in [0.15, 0.2) is 42.5 Å². The van der Waals surface area contributed by atoms with E-state index in [9.17, 15) is 14.4 Å². The lowest BCUT2D eigenvalue weighted by atomic mass is 10.1. The summed E-state index contributed by atoms with van der Waals surface area (Å²) in [6.07, 6.45) is 0.447. The summed E-state index contributed by atoms with van der Waals surface area (Å²) in [6.45, 7) is 9.71. The Morgan fingerprint density at radius 2 is 1.67 bits per heavy atom. The molecule has 0 aliphatic carbocycles. The van der Waals surface area contributed by atoms with E-state index in [1.807, 2.05) is 25.1 Å². The number of hydrogen-bond acceptors (Lipinski definition) is 7. The van der Waals surface area contributed by atoms with Gasteiger partial charge in [-0.3, -0.25) is 24.2 Å². The highest BCUT2D eigenvalue weighted by Crippen LogP contribution is 2.32. The van der Waals surface area contributed by atoms with E-state index >= 15 is 0 Å². The van der Waals surface area contributed by atoms with Crippen molar-refractivity contribution in [1.82, 2.24) is 9.88 Å². The topological polar surface area (TPSA) is 83.1 Å². The fourth-order valence-corrected chi connectivity index (χ4v) is 5.12. The zero-order chi connectivity index (χ0) is 24.9. The lowest BCUT2D eigenvalue weighted by molar-refractivity contribution is -0.121. The molecule has 3 aromatic rings. The molecule has 1 aromatic heterocycles. The van der Waals surface area contributed by atoms with Crippen LogP contribution >= 0.6 is 23.7 Å². The van der Waals surface area contributed by atoms with Crippen LogP contribution in [0.25, 0.3) is 10.2 Å². The molecule has 0 N–H and O–H groups in total. The molecule has 36 heavy (non-hydrogen) atoms. The van der Waals surface area contributed by atoms with Gasteiger partial charge in [0, 0.05) is 31.5 Å². The highest BCUT2D eigenvalue weighted by atomic mass is 35.5. The van der Waals surface area contributed by atoms with Crippen molar-refractivity contribution in [3.63, 3.8) is 0 Å². The molecule has 1 fully saturated rings. The summed E-state index contributed by atoms with van der Waals surface area (Å²) in [5.41, 5.74) is 1.78. The summed E-state index contributed by atoms with van der Waals surface area (Å²) in [5, 5.41) is 0.625. The first-order valence-electron chi connectivity index (χ1n) is 12.0. The largest absolute Gasteiger partial charge is 0.494 e. The lowest BCUT2D eigenvalue weighted by Gasteiger charge is -2.25. The fraction of sp³-hybridized carbons (Fsp3) is 0.385. The molecule has 0 spiro atoms. The van der Waals surface area contributed by atoms with E-state index in [-0.39, 0.29) is 43.0 Å². The number of imide groups is 1. The van der Waals surface area contributed by atoms with Crippen LogP contribution in [0.2, 0.25) is 0 Å². The van der Waals surface area contributed by atoms with Gasteiger partial charge >= 0.3 is 0 Å². The fourth-order valence-electron chi connectivity index (χ4n) is 4.10. The van der Waals surface area contributed by atoms with Crippen molar-refractivity contribution in [2.24, 2.45) is 0 Å². The third kappa shape index (κ3) is 5.86. The molecule has 0 radical (unpaired) electrons. The number of rotatable bonds is 10. The molecule has 2 heterocycles. The first kappa shape index (κ1) is 27.6. The maximum atomic E-state index is 13.6. The van der Waals surface area contributed by atoms with E-state index in [0.717, 1.165) is 29.1 Å². The third-order valence-corrected chi connectivity index (χ3v) is 7.14. The summed E-state index contributed by atoms with van der Waals surface area (Å²) >= 11 is 1.46. The van der Waals surface area contributed by atoms with Gasteiger partial charge in [0.2, 0.25) is 11.8 Å². The minimum atomic E-state index is -0.212. The van der Waals surface area contributed by atoms with Gasteiger partial charge in [0.05, 0.1) is 22.5 Å². The summed E-state index contributed by atoms with van der Waals surface area (Å²) in [7, 11) is 0. The number of benzene rings is 2. The van der Waals surface area contributed by atoms with Gasteiger partial charge in [-0.25, -0.2) is 4.98 Å². The Bertz CT molecular complexity index is 1210. The number of halogens is 1. The Kier molecular flexibility index (Phi) is 9.42. The molecular weight excluding hydrogens is 500 g/mol. The highest BCUT2D eigenvalue weighted by molar-refractivity contribution is 7.22. The monoisotopic (exact) mass is 530 g/mol. The van der Waals surface area contributed by atoms with Crippen LogP contribution in [-0.2, 0) is 9.59 Å². The van der Waals surface area contributed by atoms with Crippen LogP contribution in [0.4, 0.5) is 10.8 Å². The predicted molar refractivity (Wildman–Crippen MR) is 146 cm³/mol. The van der Waals surface area contributed by atoms with Crippen LogP contribution in [-0.4, -0.2) is 60.4 Å². The Labute approximate surface area is 221 Å². The normalized spacial score (nSPS) is 13.4. The van der Waals surface area contributed by atoms with Crippen molar-refractivity contribution in [3.8, 4) is 5.75 Å². The highest BCUT2D eigenvalue weighted by Gasteiger charge is 2.30. The Morgan fingerprint density at radius 3 is 2.28 bits per heavy atom. The van der Waals surface area contributed by atoms with E-state index in [2.05, 4.69) is 18.7 Å². The molecule has 1 aliphatic rings. The maximum Gasteiger partial charge on any atom is 0.260 e. The molecule has 0 atom stereocenters. The number of ether oxygens (including phenoxy) is 1. The van der Waals surface area contributed by atoms with E-state index in [1.54, 1.807) is 29.2 Å². The van der Waals surface area contributed by atoms with E-state index in [0.29, 0.717) is 36.1 Å². The zero-order valence-electron chi connectivity index (χ0n) is 20.7. The number of likely N-dealkylation sites (N-methyl/N-ethyl adjacent to an activating group) is 1. The number of thiazole rings is 1. The van der Waals surface area contributed by atoms with Crippen molar-refractivity contribution in [2.75, 3.05) is 42.6 Å². The number of amides is 3. The molecule has 0 saturated carbocycles. The SMILES string of the molecule is CCOc1ccc2nc(N(CCN(CC)CC)C(=O)c3ccc(N4C(=O)CCC4=O)cc3)sc2c1.Cl. The quantitative estimate of drug-likeness (QED) is 0.351. The van der Waals surface area contributed by atoms with Crippen molar-refractivity contribution < 1.29 is 19.1 Å². The smallest absolute Gasteiger partial charge is 0.260 e. The molecular formula is C26H31ClN4O4S. The van der Waals surface area contributed by atoms with Crippen LogP contribution in [0.5, 0.6) is 5.75 Å². The van der Waals surface area contributed by atoms with Crippen LogP contribution in [0, 0.1) is 0 Å². The van der Waals surface area contributed by atoms with Crippen molar-refractivity contribution >= 4 is 62.5 Å². The van der Waals surface area contributed by atoms with E-state index in [1.165, 1.54) is 16.2 Å². The number of aromatic nitrogens is 1. The number of anilines is 2. The molecule has 1 aliphatic heterocycles. The summed E-state index contributed by atoms with van der Waals surface area (Å²) < 4.78 is 6.57. The van der Waals surface area contributed by atoms with Gasteiger partial charge < -0.3 is 9.64 Å². The molecule has 2 aromatic carbocycles. The molecule has 0 unspecified atom stereocenters. The summed E-state index contributed by atoms with van der Waals surface area (Å²) in [6, 6.07) is 12.4. The number of hydrogen-bond donors (Lipinski definition) is 0. The number of carbonyl (C=O) groups excluding carboxylic acids is 3. The number of carbonyl (C=O) groups is 3. The van der Waals surface area contributed by atoms with E-state index < -0.39 is 0 Å². The molecule has 8 nitrogen and oxygen atoms in total. The van der Waals surface area contributed by atoms with Gasteiger partial charge in [0.15, 0.2) is 5.13 Å². The minimum absolute atomic E-state index is 0. The Hall–Kier alpha value is -3.01. The van der Waals surface area contributed by atoms with Gasteiger partial charge in [-0.15, -0.1) is 12.4 Å². The van der Waals surface area contributed by atoms with Gasteiger partial charge in [0.1, 0.15) is 5.75 Å². The summed E-state index contributed by atoms with van der Waals surface area (Å²) in [5.74, 6) is 0.177. The second-order valence-corrected chi connectivity index (χ2v) is 9.22.